The Morgan fingerprint density at radius 3 is 2.69 bits per heavy atom. The van der Waals surface area contributed by atoms with Gasteiger partial charge in [-0.15, -0.1) is 11.3 Å². The van der Waals surface area contributed by atoms with E-state index in [1.54, 1.807) is 30.5 Å². The third-order valence-corrected chi connectivity index (χ3v) is 5.93. The number of thiazole rings is 1. The zero-order valence-electron chi connectivity index (χ0n) is 15.3. The Kier molecular flexibility index (Phi) is 5.77. The molecule has 4 rings (SSSR count). The molecule has 0 radical (unpaired) electrons. The van der Waals surface area contributed by atoms with Crippen molar-refractivity contribution < 1.29 is 5.11 Å². The van der Waals surface area contributed by atoms with E-state index in [2.05, 4.69) is 25.3 Å². The van der Waals surface area contributed by atoms with E-state index < -0.39 is 0 Å². The first-order valence-corrected chi connectivity index (χ1v) is 10.2. The third kappa shape index (κ3) is 4.11. The summed E-state index contributed by atoms with van der Waals surface area (Å²) in [4.78, 5) is 19.5. The largest absolute Gasteiger partial charge is 0.395 e. The molecule has 0 bridgehead atoms. The number of nitrogens with one attached hydrogen (secondary N) is 1. The number of aliphatic hydroxyl groups excluding tert-OH is 1. The van der Waals surface area contributed by atoms with Gasteiger partial charge in [-0.3, -0.25) is 0 Å². The summed E-state index contributed by atoms with van der Waals surface area (Å²) in [6.45, 7) is 0.513. The number of benzene rings is 1. The first-order valence-electron chi connectivity index (χ1n) is 8.68. The normalized spacial score (nSPS) is 11.0. The monoisotopic (exact) mass is 446 g/mol. The number of fused-ring (bicyclic) bond motifs is 1. The molecule has 0 unspecified atom stereocenters. The summed E-state index contributed by atoms with van der Waals surface area (Å²) in [7, 11) is 1.85. The Bertz CT molecular complexity index is 1150. The van der Waals surface area contributed by atoms with Gasteiger partial charge in [-0.05, 0) is 18.2 Å². The summed E-state index contributed by atoms with van der Waals surface area (Å²) in [5.41, 5.74) is 1.49. The summed E-state index contributed by atoms with van der Waals surface area (Å²) < 4.78 is 0.863. The van der Waals surface area contributed by atoms with E-state index in [1.807, 2.05) is 18.0 Å². The lowest BCUT2D eigenvalue weighted by Gasteiger charge is -2.17. The van der Waals surface area contributed by atoms with Crippen LogP contribution in [0.3, 0.4) is 0 Å². The molecule has 0 spiro atoms. The van der Waals surface area contributed by atoms with Crippen molar-refractivity contribution in [2.24, 2.45) is 0 Å². The van der Waals surface area contributed by atoms with E-state index in [-0.39, 0.29) is 6.61 Å². The highest BCUT2D eigenvalue weighted by molar-refractivity contribution is 7.22. The molecule has 29 heavy (non-hydrogen) atoms. The predicted molar refractivity (Wildman–Crippen MR) is 119 cm³/mol. The fourth-order valence-electron chi connectivity index (χ4n) is 2.76. The molecule has 0 saturated carbocycles. The summed E-state index contributed by atoms with van der Waals surface area (Å²) in [5, 5.41) is 14.2. The van der Waals surface area contributed by atoms with Crippen LogP contribution >= 0.6 is 34.5 Å². The van der Waals surface area contributed by atoms with Crippen LogP contribution in [0.2, 0.25) is 10.0 Å². The number of aromatic nitrogens is 4. The SMILES string of the molecule is CN(CCO)c1cc(Nc2nccc3nc(-c4c(Cl)cccc4Cl)sc23)ncn1. The minimum absolute atomic E-state index is 0.0401. The maximum absolute atomic E-state index is 9.12. The molecule has 0 saturated heterocycles. The van der Waals surface area contributed by atoms with Crippen molar-refractivity contribution in [3.8, 4) is 10.6 Å². The maximum atomic E-state index is 9.12. The standard InChI is InChI=1S/C19H16Cl2N6OS/c1-27(7-8-28)15-9-14(23-10-24-15)26-18-17-13(5-6-22-18)25-19(29-17)16-11(20)3-2-4-12(16)21/h2-6,9-10,28H,7-8H2,1H3,(H,22,23,24,26). The third-order valence-electron chi connectivity index (χ3n) is 4.21. The van der Waals surface area contributed by atoms with Gasteiger partial charge >= 0.3 is 0 Å². The highest BCUT2D eigenvalue weighted by atomic mass is 35.5. The minimum atomic E-state index is 0.0401. The highest BCUT2D eigenvalue weighted by Gasteiger charge is 2.16. The van der Waals surface area contributed by atoms with Crippen molar-refractivity contribution in [2.45, 2.75) is 0 Å². The van der Waals surface area contributed by atoms with Gasteiger partial charge in [0.15, 0.2) is 5.82 Å². The van der Waals surface area contributed by atoms with Gasteiger partial charge in [0.05, 0.1) is 26.9 Å². The van der Waals surface area contributed by atoms with Crippen LogP contribution in [-0.2, 0) is 0 Å². The van der Waals surface area contributed by atoms with Crippen molar-refractivity contribution in [3.05, 3.63) is 52.9 Å². The van der Waals surface area contributed by atoms with Gasteiger partial charge < -0.3 is 15.3 Å². The van der Waals surface area contributed by atoms with Crippen LogP contribution in [0.25, 0.3) is 20.8 Å². The van der Waals surface area contributed by atoms with Crippen molar-refractivity contribution in [3.63, 3.8) is 0 Å². The fourth-order valence-corrected chi connectivity index (χ4v) is 4.53. The molecule has 0 aliphatic heterocycles. The first-order chi connectivity index (χ1) is 14.1. The van der Waals surface area contributed by atoms with Crippen LogP contribution in [0.4, 0.5) is 17.5 Å². The number of hydrogen-bond donors (Lipinski definition) is 2. The maximum Gasteiger partial charge on any atom is 0.151 e. The van der Waals surface area contributed by atoms with Crippen molar-refractivity contribution in [2.75, 3.05) is 30.4 Å². The zero-order valence-corrected chi connectivity index (χ0v) is 17.6. The van der Waals surface area contributed by atoms with Crippen LogP contribution < -0.4 is 10.2 Å². The van der Waals surface area contributed by atoms with Crippen molar-refractivity contribution in [1.29, 1.82) is 0 Å². The Morgan fingerprint density at radius 2 is 1.93 bits per heavy atom. The van der Waals surface area contributed by atoms with Crippen molar-refractivity contribution in [1.82, 2.24) is 19.9 Å². The number of likely N-dealkylation sites (N-methyl/N-ethyl adjacent to an activating group) is 1. The Labute approximate surface area is 181 Å². The van der Waals surface area contributed by atoms with Gasteiger partial charge in [0.25, 0.3) is 0 Å². The van der Waals surface area contributed by atoms with Crippen LogP contribution in [0.1, 0.15) is 0 Å². The molecule has 10 heteroatoms. The second-order valence-electron chi connectivity index (χ2n) is 6.16. The lowest BCUT2D eigenvalue weighted by molar-refractivity contribution is 0.304. The van der Waals surface area contributed by atoms with Gasteiger partial charge in [-0.25, -0.2) is 19.9 Å². The molecule has 0 fully saturated rings. The molecule has 0 amide bonds. The summed E-state index contributed by atoms with van der Waals surface area (Å²) in [5.74, 6) is 1.91. The average molecular weight is 447 g/mol. The van der Waals surface area contributed by atoms with Gasteiger partial charge in [0.2, 0.25) is 0 Å². The zero-order chi connectivity index (χ0) is 20.4. The van der Waals surface area contributed by atoms with Crippen LogP contribution in [-0.4, -0.2) is 45.2 Å². The second-order valence-corrected chi connectivity index (χ2v) is 7.97. The van der Waals surface area contributed by atoms with Gasteiger partial charge in [-0.2, -0.15) is 0 Å². The number of rotatable bonds is 6. The highest BCUT2D eigenvalue weighted by Crippen LogP contribution is 2.40. The Hall–Kier alpha value is -2.52. The Morgan fingerprint density at radius 1 is 1.14 bits per heavy atom. The topological polar surface area (TPSA) is 87.1 Å². The molecular formula is C19H16Cl2N6OS. The molecule has 0 aliphatic carbocycles. The molecule has 0 atom stereocenters. The fraction of sp³-hybridized carbons (Fsp3) is 0.158. The number of aliphatic hydroxyl groups is 1. The number of anilines is 3. The average Bonchev–Trinajstić information content (AvgIpc) is 3.13. The lowest BCUT2D eigenvalue weighted by atomic mass is 10.2. The van der Waals surface area contributed by atoms with Crippen LogP contribution in [0.15, 0.2) is 42.9 Å². The van der Waals surface area contributed by atoms with Gasteiger partial charge in [0, 0.05) is 31.4 Å². The lowest BCUT2D eigenvalue weighted by Crippen LogP contribution is -2.22. The van der Waals surface area contributed by atoms with Gasteiger partial charge in [-0.1, -0.05) is 29.3 Å². The molecule has 3 aromatic heterocycles. The van der Waals surface area contributed by atoms with E-state index in [9.17, 15) is 0 Å². The number of hydrogen-bond acceptors (Lipinski definition) is 8. The molecule has 148 valence electrons. The van der Waals surface area contributed by atoms with E-state index in [4.69, 9.17) is 28.3 Å². The summed E-state index contributed by atoms with van der Waals surface area (Å²) >= 11 is 14.1. The molecule has 3 heterocycles. The minimum Gasteiger partial charge on any atom is -0.395 e. The molecule has 2 N–H and O–H groups in total. The Balaban J connectivity index is 1.71. The quantitative estimate of drug-likeness (QED) is 0.446. The second kappa shape index (κ2) is 8.46. The van der Waals surface area contributed by atoms with Crippen LogP contribution in [0, 0.1) is 0 Å². The number of pyridine rings is 1. The van der Waals surface area contributed by atoms with E-state index >= 15 is 0 Å². The van der Waals surface area contributed by atoms with E-state index in [1.165, 1.54) is 17.7 Å². The van der Waals surface area contributed by atoms with Gasteiger partial charge in [0.1, 0.15) is 23.0 Å². The van der Waals surface area contributed by atoms with Crippen LogP contribution in [0.5, 0.6) is 0 Å². The summed E-state index contributed by atoms with van der Waals surface area (Å²) in [6.07, 6.45) is 3.15. The van der Waals surface area contributed by atoms with E-state index in [0.29, 0.717) is 39.6 Å². The number of nitrogens with zero attached hydrogens (tertiary/aromatic N) is 5. The smallest absolute Gasteiger partial charge is 0.151 e. The number of halogens is 2. The molecule has 4 aromatic rings. The van der Waals surface area contributed by atoms with E-state index in [0.717, 1.165) is 15.2 Å². The van der Waals surface area contributed by atoms with Crippen molar-refractivity contribution >= 4 is 62.2 Å². The molecule has 0 aliphatic rings. The molecular weight excluding hydrogens is 431 g/mol. The molecule has 1 aromatic carbocycles. The summed E-state index contributed by atoms with van der Waals surface area (Å²) in [6, 6.07) is 9.01. The molecule has 7 nitrogen and oxygen atoms in total. The predicted octanol–water partition coefficient (Wildman–Crippen LogP) is 4.63. The first kappa shape index (κ1) is 19.8.